The molecule has 0 rings (SSSR count). The highest BCUT2D eigenvalue weighted by atomic mass is 31.2. The van der Waals surface area contributed by atoms with Crippen LogP contribution in [-0.4, -0.2) is 80.7 Å². The van der Waals surface area contributed by atoms with Gasteiger partial charge in [0.05, 0.1) is 27.7 Å². The summed E-state index contributed by atoms with van der Waals surface area (Å²) in [7, 11) is 1.36. The molecule has 0 saturated carbocycles. The van der Waals surface area contributed by atoms with Gasteiger partial charge < -0.3 is 18.9 Å². The highest BCUT2D eigenvalue weighted by molar-refractivity contribution is 7.47. The first-order valence-corrected chi connectivity index (χ1v) is 23.4. The van der Waals surface area contributed by atoms with Crippen molar-refractivity contribution in [1.29, 1.82) is 0 Å². The van der Waals surface area contributed by atoms with Crippen LogP contribution >= 0.6 is 7.82 Å². The normalized spacial score (nSPS) is 14.4. The molecule has 0 aromatic rings. The van der Waals surface area contributed by atoms with E-state index in [4.69, 9.17) is 18.5 Å². The topological polar surface area (TPSA) is 125 Å². The van der Waals surface area contributed by atoms with Gasteiger partial charge in [-0.2, -0.15) is 0 Å². The lowest BCUT2D eigenvalue weighted by molar-refractivity contribution is -0.870. The van der Waals surface area contributed by atoms with E-state index in [-0.39, 0.29) is 31.8 Å². The van der Waals surface area contributed by atoms with Gasteiger partial charge in [-0.3, -0.25) is 23.4 Å². The molecule has 0 aliphatic heterocycles. The first kappa shape index (κ1) is 55.6. The lowest BCUT2D eigenvalue weighted by atomic mass is 10.1. The van der Waals surface area contributed by atoms with Crippen LogP contribution in [0, 0.1) is 0 Å². The molecule has 0 fully saturated rings. The number of likely N-dealkylation sites (N-methyl/N-ethyl adjacent to an activating group) is 1. The molecule has 0 aromatic heterocycles. The maximum atomic E-state index is 12.7. The van der Waals surface area contributed by atoms with Crippen molar-refractivity contribution in [2.24, 2.45) is 0 Å². The number of allylic oxidation sites excluding steroid dienone is 16. The van der Waals surface area contributed by atoms with Crippen molar-refractivity contribution in [3.05, 3.63) is 97.2 Å². The van der Waals surface area contributed by atoms with Crippen molar-refractivity contribution in [2.45, 2.75) is 142 Å². The first-order valence-electron chi connectivity index (χ1n) is 21.9. The van der Waals surface area contributed by atoms with Crippen LogP contribution < -0.4 is 0 Å². The number of carbonyl (C=O) groups excluding carboxylic acids is 3. The van der Waals surface area contributed by atoms with Crippen molar-refractivity contribution < 1.29 is 46.8 Å². The van der Waals surface area contributed by atoms with E-state index in [1.54, 1.807) is 6.08 Å². The zero-order valence-corrected chi connectivity index (χ0v) is 38.1. The molecule has 10 nitrogen and oxygen atoms in total. The van der Waals surface area contributed by atoms with Gasteiger partial charge in [-0.15, -0.1) is 0 Å². The molecule has 1 unspecified atom stereocenters. The molecule has 2 atom stereocenters. The number of phosphoric acid groups is 1. The van der Waals surface area contributed by atoms with Crippen molar-refractivity contribution in [3.63, 3.8) is 0 Å². The second-order valence-corrected chi connectivity index (χ2v) is 16.8. The van der Waals surface area contributed by atoms with Gasteiger partial charge in [0.2, 0.25) is 0 Å². The number of ketones is 1. The summed E-state index contributed by atoms with van der Waals surface area (Å²) in [5.74, 6) is -0.796. The Labute approximate surface area is 358 Å². The van der Waals surface area contributed by atoms with E-state index in [0.717, 1.165) is 89.9 Å². The van der Waals surface area contributed by atoms with E-state index >= 15 is 0 Å². The minimum absolute atomic E-state index is 0.00185. The third kappa shape index (κ3) is 42.5. The number of rotatable bonds is 38. The molecule has 0 aliphatic carbocycles. The van der Waals surface area contributed by atoms with E-state index in [9.17, 15) is 23.8 Å². The van der Waals surface area contributed by atoms with Gasteiger partial charge in [-0.25, -0.2) is 4.57 Å². The quantitative estimate of drug-likeness (QED) is 0.0123. The lowest BCUT2D eigenvalue weighted by Gasteiger charge is -2.24. The number of hydrogen-bond acceptors (Lipinski definition) is 8. The number of hydrogen-bond donors (Lipinski definition) is 1. The Hall–Kier alpha value is -3.40. The number of esters is 2. The van der Waals surface area contributed by atoms with Crippen molar-refractivity contribution in [1.82, 2.24) is 0 Å². The molecule has 0 heterocycles. The number of phosphoric ester groups is 1. The van der Waals surface area contributed by atoms with E-state index in [2.05, 4.69) is 80.7 Å². The van der Waals surface area contributed by atoms with E-state index < -0.39 is 32.5 Å². The second-order valence-electron chi connectivity index (χ2n) is 15.4. The molecule has 59 heavy (non-hydrogen) atoms. The SMILES string of the molecule is CC/C=C\C/C=C\C/C=C\C/C=C\C/C=C\C/C=C\CCC(=O)O[C@H](COC(=O)CCCCCCC/C=C\C=C\C(=O)CCCCC)COP(=O)(O)OCC[N+](C)(C)C. The summed E-state index contributed by atoms with van der Waals surface area (Å²) in [6.45, 7) is 3.98. The fourth-order valence-corrected chi connectivity index (χ4v) is 5.88. The minimum Gasteiger partial charge on any atom is -0.462 e. The number of quaternary nitrogens is 1. The minimum atomic E-state index is -4.42. The lowest BCUT2D eigenvalue weighted by Crippen LogP contribution is -2.37. The molecule has 11 heteroatoms. The Kier molecular flexibility index (Phi) is 36.5. The second kappa shape index (κ2) is 38.8. The van der Waals surface area contributed by atoms with Crippen LogP contribution in [0.5, 0.6) is 0 Å². The summed E-state index contributed by atoms with van der Waals surface area (Å²) in [5.41, 5.74) is 0. The van der Waals surface area contributed by atoms with E-state index in [0.29, 0.717) is 30.3 Å². The first-order chi connectivity index (χ1) is 28.4. The summed E-state index contributed by atoms with van der Waals surface area (Å²) < 4.78 is 34.1. The highest BCUT2D eigenvalue weighted by Gasteiger charge is 2.27. The summed E-state index contributed by atoms with van der Waals surface area (Å²) in [6, 6.07) is 0. The van der Waals surface area contributed by atoms with Crippen molar-refractivity contribution >= 4 is 25.5 Å². The molecule has 0 spiro atoms. The Bertz CT molecular complexity index is 1380. The molecule has 1 N–H and O–H groups in total. The van der Waals surface area contributed by atoms with Gasteiger partial charge in [-0.05, 0) is 76.7 Å². The third-order valence-corrected chi connectivity index (χ3v) is 9.57. The van der Waals surface area contributed by atoms with E-state index in [1.807, 2.05) is 45.4 Å². The fourth-order valence-electron chi connectivity index (χ4n) is 5.14. The largest absolute Gasteiger partial charge is 0.472 e. The maximum absolute atomic E-state index is 12.7. The third-order valence-electron chi connectivity index (χ3n) is 8.59. The summed E-state index contributed by atoms with van der Waals surface area (Å²) >= 11 is 0. The van der Waals surface area contributed by atoms with Crippen LogP contribution in [0.25, 0.3) is 0 Å². The van der Waals surface area contributed by atoms with Crippen LogP contribution in [0.1, 0.15) is 136 Å². The van der Waals surface area contributed by atoms with Crippen LogP contribution in [-0.2, 0) is 37.5 Å². The number of carbonyl (C=O) groups is 3. The van der Waals surface area contributed by atoms with E-state index in [1.165, 1.54) is 0 Å². The predicted molar refractivity (Wildman–Crippen MR) is 243 cm³/mol. The van der Waals surface area contributed by atoms with Gasteiger partial charge in [0.25, 0.3) is 0 Å². The summed E-state index contributed by atoms with van der Waals surface area (Å²) in [6.07, 6.45) is 47.4. The van der Waals surface area contributed by atoms with Crippen LogP contribution in [0.2, 0.25) is 0 Å². The average molecular weight is 845 g/mol. The molecule has 0 aliphatic rings. The summed E-state index contributed by atoms with van der Waals surface area (Å²) in [5, 5.41) is 0. The van der Waals surface area contributed by atoms with Crippen LogP contribution in [0.4, 0.5) is 0 Å². The molecule has 0 saturated heterocycles. The number of ether oxygens (including phenoxy) is 2. The molecule has 0 amide bonds. The fraction of sp³-hybridized carbons (Fsp3) is 0.604. The van der Waals surface area contributed by atoms with Crippen molar-refractivity contribution in [3.8, 4) is 0 Å². The van der Waals surface area contributed by atoms with Crippen LogP contribution in [0.3, 0.4) is 0 Å². The highest BCUT2D eigenvalue weighted by Crippen LogP contribution is 2.43. The van der Waals surface area contributed by atoms with Gasteiger partial charge in [0, 0.05) is 19.3 Å². The summed E-state index contributed by atoms with van der Waals surface area (Å²) in [4.78, 5) is 47.1. The molecule has 0 radical (unpaired) electrons. The van der Waals surface area contributed by atoms with Gasteiger partial charge >= 0.3 is 19.8 Å². The Balaban J connectivity index is 4.58. The standard InChI is InChI=1S/C48H78NO9P/c1-6-8-10-11-12-13-14-15-16-17-18-19-20-21-22-25-29-32-36-40-48(52)58-46(44-57-59(53,54)56-42-41-49(3,4)5)43-55-47(51)39-35-31-28-26-23-24-27-30-34-38-45(50)37-33-9-7-2/h8,10,12-13,15-16,18-19,21-22,27,29-30,32,34,38,46H,6-7,9,11,14,17,20,23-26,28,31,33,35-37,39-44H2,1-5H3/p+1/b10-8-,13-12-,16-15-,19-18-,22-21-,30-27-,32-29-,38-34+/t46-/m1/s1. The molecule has 334 valence electrons. The molecule has 0 bridgehead atoms. The zero-order valence-electron chi connectivity index (χ0n) is 37.2. The molecule has 0 aromatic carbocycles. The maximum Gasteiger partial charge on any atom is 0.472 e. The van der Waals surface area contributed by atoms with Gasteiger partial charge in [0.15, 0.2) is 11.9 Å². The number of unbranched alkanes of at least 4 members (excludes halogenated alkanes) is 7. The Morgan fingerprint density at radius 3 is 1.75 bits per heavy atom. The monoisotopic (exact) mass is 845 g/mol. The van der Waals surface area contributed by atoms with Gasteiger partial charge in [-0.1, -0.05) is 137 Å². The van der Waals surface area contributed by atoms with Gasteiger partial charge in [0.1, 0.15) is 19.8 Å². The number of nitrogens with zero attached hydrogens (tertiary/aromatic N) is 1. The molecular weight excluding hydrogens is 766 g/mol. The Morgan fingerprint density at radius 1 is 0.593 bits per heavy atom. The zero-order chi connectivity index (χ0) is 43.7. The Morgan fingerprint density at radius 2 is 1.15 bits per heavy atom. The van der Waals surface area contributed by atoms with Crippen LogP contribution in [0.15, 0.2) is 97.2 Å². The predicted octanol–water partition coefficient (Wildman–Crippen LogP) is 11.8. The average Bonchev–Trinajstić information content (AvgIpc) is 3.18. The molecular formula is C48H79NO9P+. The van der Waals surface area contributed by atoms with Crippen molar-refractivity contribution in [2.75, 3.05) is 47.5 Å². The smallest absolute Gasteiger partial charge is 0.462 e.